The average Bonchev–Trinajstić information content (AvgIpc) is 3.42. The maximum Gasteiger partial charge on any atom is 0.161 e. The number of methoxy groups -OCH3 is 3. The van der Waals surface area contributed by atoms with Crippen molar-refractivity contribution in [2.45, 2.75) is 24.5 Å². The maximum absolute atomic E-state index is 10.9. The molecular weight excluding hydrogens is 504 g/mol. The van der Waals surface area contributed by atoms with Crippen molar-refractivity contribution in [1.29, 1.82) is 0 Å². The molecule has 1 heterocycles. The van der Waals surface area contributed by atoms with Gasteiger partial charge in [0.15, 0.2) is 40.6 Å². The van der Waals surface area contributed by atoms with E-state index in [1.807, 2.05) is 18.2 Å². The van der Waals surface area contributed by atoms with Crippen molar-refractivity contribution in [3.63, 3.8) is 0 Å². The van der Waals surface area contributed by atoms with Gasteiger partial charge in [-0.1, -0.05) is 12.1 Å². The maximum atomic E-state index is 10.9. The van der Waals surface area contributed by atoms with Gasteiger partial charge in [-0.15, -0.1) is 0 Å². The number of fused-ring (bicyclic) bond motifs is 2. The van der Waals surface area contributed by atoms with Crippen molar-refractivity contribution in [2.75, 3.05) is 41.2 Å². The topological polar surface area (TPSA) is 127 Å². The van der Waals surface area contributed by atoms with Crippen molar-refractivity contribution in [1.82, 2.24) is 0 Å². The molecule has 0 radical (unpaired) electrons. The highest BCUT2D eigenvalue weighted by Crippen LogP contribution is 2.50. The van der Waals surface area contributed by atoms with E-state index in [1.54, 1.807) is 25.3 Å². The number of aliphatic hydroxyl groups is 2. The van der Waals surface area contributed by atoms with Gasteiger partial charge in [-0.05, 0) is 76.9 Å². The Morgan fingerprint density at radius 1 is 0.846 bits per heavy atom. The van der Waals surface area contributed by atoms with Crippen LogP contribution in [0.1, 0.15) is 34.3 Å². The van der Waals surface area contributed by atoms with Gasteiger partial charge in [0, 0.05) is 5.92 Å². The van der Waals surface area contributed by atoms with Crippen molar-refractivity contribution in [3.05, 3.63) is 70.8 Å². The number of hydrogen-bond acceptors (Lipinski definition) is 9. The first-order valence-corrected chi connectivity index (χ1v) is 12.9. The zero-order valence-corrected chi connectivity index (χ0v) is 22.2. The highest BCUT2D eigenvalue weighted by molar-refractivity contribution is 5.54. The second-order valence-corrected chi connectivity index (χ2v) is 9.99. The van der Waals surface area contributed by atoms with E-state index in [0.29, 0.717) is 41.9 Å². The number of hydrogen-bond donors (Lipinski definition) is 4. The van der Waals surface area contributed by atoms with E-state index >= 15 is 0 Å². The van der Waals surface area contributed by atoms with Gasteiger partial charge >= 0.3 is 0 Å². The average molecular weight is 539 g/mol. The van der Waals surface area contributed by atoms with E-state index in [0.717, 1.165) is 23.1 Å². The summed E-state index contributed by atoms with van der Waals surface area (Å²) in [6, 6.07) is 13.8. The minimum atomic E-state index is -1.20. The first kappa shape index (κ1) is 26.9. The lowest BCUT2D eigenvalue weighted by Gasteiger charge is -2.35. The Kier molecular flexibility index (Phi) is 7.74. The second kappa shape index (κ2) is 11.2. The predicted octanol–water partition coefficient (Wildman–Crippen LogP) is 3.55. The van der Waals surface area contributed by atoms with Crippen molar-refractivity contribution < 1.29 is 44.1 Å². The van der Waals surface area contributed by atoms with Crippen LogP contribution in [0.3, 0.4) is 0 Å². The summed E-state index contributed by atoms with van der Waals surface area (Å²) >= 11 is 0. The summed E-state index contributed by atoms with van der Waals surface area (Å²) in [6.07, 6.45) is -1.36. The van der Waals surface area contributed by atoms with Crippen LogP contribution in [0.4, 0.5) is 0 Å². The number of rotatable bonds is 9. The fourth-order valence-corrected chi connectivity index (χ4v) is 5.82. The molecule has 2 unspecified atom stereocenters. The Balaban J connectivity index is 1.46. The van der Waals surface area contributed by atoms with Crippen molar-refractivity contribution in [3.8, 4) is 34.5 Å². The smallest absolute Gasteiger partial charge is 0.161 e. The van der Waals surface area contributed by atoms with Gasteiger partial charge in [-0.3, -0.25) is 0 Å². The normalized spacial score (nSPS) is 21.4. The molecule has 4 N–H and O–H groups in total. The molecule has 9 nitrogen and oxygen atoms in total. The lowest BCUT2D eigenvalue weighted by molar-refractivity contribution is -0.000531. The van der Waals surface area contributed by atoms with Crippen LogP contribution in [-0.4, -0.2) is 67.7 Å². The van der Waals surface area contributed by atoms with Crippen LogP contribution in [0.2, 0.25) is 0 Å². The Labute approximate surface area is 227 Å². The molecule has 0 spiro atoms. The molecule has 208 valence electrons. The molecule has 1 fully saturated rings. The molecular formula is C30H34O9. The number of benzene rings is 3. The van der Waals surface area contributed by atoms with Gasteiger partial charge in [0.1, 0.15) is 6.10 Å². The number of phenols is 2. The van der Waals surface area contributed by atoms with Gasteiger partial charge in [-0.25, -0.2) is 0 Å². The molecule has 3 aromatic carbocycles. The zero-order chi connectivity index (χ0) is 27.7. The summed E-state index contributed by atoms with van der Waals surface area (Å²) in [7, 11) is 4.50. The van der Waals surface area contributed by atoms with E-state index in [1.165, 1.54) is 26.4 Å². The molecule has 1 saturated heterocycles. The van der Waals surface area contributed by atoms with E-state index in [-0.39, 0.29) is 29.1 Å². The van der Waals surface area contributed by atoms with Crippen LogP contribution in [0, 0.1) is 11.8 Å². The number of phenolic OH excluding ortho intramolecular Hbond substituents is 2. The minimum Gasteiger partial charge on any atom is -0.504 e. The number of aromatic hydroxyl groups is 2. The summed E-state index contributed by atoms with van der Waals surface area (Å²) in [5.41, 5.74) is 3.55. The molecule has 0 amide bonds. The molecule has 5 rings (SSSR count). The number of aliphatic hydroxyl groups excluding tert-OH is 2. The van der Waals surface area contributed by atoms with E-state index < -0.39 is 18.8 Å². The molecule has 3 aromatic rings. The van der Waals surface area contributed by atoms with Gasteiger partial charge in [-0.2, -0.15) is 0 Å². The highest BCUT2D eigenvalue weighted by Gasteiger charge is 2.42. The Hall–Kier alpha value is -3.66. The van der Waals surface area contributed by atoms with E-state index in [4.69, 9.17) is 23.7 Å². The Morgan fingerprint density at radius 2 is 1.59 bits per heavy atom. The fourth-order valence-electron chi connectivity index (χ4n) is 5.82. The first-order chi connectivity index (χ1) is 18.9. The third-order valence-electron chi connectivity index (χ3n) is 7.84. The largest absolute Gasteiger partial charge is 0.504 e. The van der Waals surface area contributed by atoms with Crippen molar-refractivity contribution >= 4 is 0 Å². The summed E-state index contributed by atoms with van der Waals surface area (Å²) in [5, 5.41) is 41.4. The van der Waals surface area contributed by atoms with Crippen LogP contribution in [0.15, 0.2) is 48.5 Å². The Bertz CT molecular complexity index is 1320. The molecule has 9 heteroatoms. The zero-order valence-electron chi connectivity index (χ0n) is 22.2. The van der Waals surface area contributed by atoms with Crippen LogP contribution in [0.25, 0.3) is 0 Å². The van der Waals surface area contributed by atoms with Crippen LogP contribution < -0.4 is 18.9 Å². The number of ether oxygens (including phenoxy) is 5. The van der Waals surface area contributed by atoms with Gasteiger partial charge < -0.3 is 44.1 Å². The van der Waals surface area contributed by atoms with Gasteiger partial charge in [0.25, 0.3) is 0 Å². The summed E-state index contributed by atoms with van der Waals surface area (Å²) in [6.45, 7) is 0.838. The van der Waals surface area contributed by atoms with Gasteiger partial charge in [0.05, 0.1) is 41.2 Å². The molecule has 1 aliphatic heterocycles. The molecule has 39 heavy (non-hydrogen) atoms. The Morgan fingerprint density at radius 3 is 2.31 bits per heavy atom. The molecule has 0 aromatic heterocycles. The summed E-state index contributed by atoms with van der Waals surface area (Å²) < 4.78 is 28.1. The lowest BCUT2D eigenvalue weighted by atomic mass is 9.68. The fraction of sp³-hybridized carbons (Fsp3) is 0.400. The molecule has 2 aliphatic rings. The van der Waals surface area contributed by atoms with Crippen LogP contribution in [-0.2, 0) is 11.2 Å². The SMILES string of the molecule is COc1cc(C(O)C(CO)Oc2ccc([C@H]3c4cc(O)c(OC)cc4C[C@H]4COC[C@@H]43)cc2OC)ccc1O. The first-order valence-electron chi connectivity index (χ1n) is 12.9. The third-order valence-corrected chi connectivity index (χ3v) is 7.84. The third kappa shape index (κ3) is 5.05. The summed E-state index contributed by atoms with van der Waals surface area (Å²) in [4.78, 5) is 0. The highest BCUT2D eigenvalue weighted by atomic mass is 16.5. The molecule has 1 aliphatic carbocycles. The van der Waals surface area contributed by atoms with Crippen molar-refractivity contribution in [2.24, 2.45) is 11.8 Å². The minimum absolute atomic E-state index is 0.0373. The molecule has 0 bridgehead atoms. The van der Waals surface area contributed by atoms with E-state index in [9.17, 15) is 20.4 Å². The summed E-state index contributed by atoms with van der Waals surface area (Å²) in [5.74, 6) is 2.04. The molecule has 5 atom stereocenters. The van der Waals surface area contributed by atoms with Crippen LogP contribution >= 0.6 is 0 Å². The van der Waals surface area contributed by atoms with E-state index in [2.05, 4.69) is 0 Å². The molecule has 0 saturated carbocycles. The second-order valence-electron chi connectivity index (χ2n) is 9.99. The van der Waals surface area contributed by atoms with Gasteiger partial charge in [0.2, 0.25) is 0 Å². The predicted molar refractivity (Wildman–Crippen MR) is 142 cm³/mol. The standard InChI is InChI=1S/C30H34O9/c1-35-25-10-17(4-6-22(25)32)30(34)28(13-31)39-24-7-5-16(9-27(24)37-3)29-20-12-23(33)26(36-2)11-18(20)8-19-14-38-15-21(19)29/h4-7,9-12,19,21,28-34H,8,13-15H2,1-3H3/t19-,21-,28?,29-,30?/m0/s1. The quantitative estimate of drug-likeness (QED) is 0.323. The monoisotopic (exact) mass is 538 g/mol. The lowest BCUT2D eigenvalue weighted by Crippen LogP contribution is -2.30. The van der Waals surface area contributed by atoms with Crippen LogP contribution in [0.5, 0.6) is 34.5 Å².